The van der Waals surface area contributed by atoms with E-state index >= 15 is 0 Å². The average molecular weight is 271 g/mol. The van der Waals surface area contributed by atoms with Gasteiger partial charge >= 0.3 is 5.97 Å². The molecule has 0 bridgehead atoms. The Morgan fingerprint density at radius 1 is 0.895 bits per heavy atom. The number of unbranched alkanes of at least 4 members (excludes halogenated alkanes) is 5. The standard InChI is InChI=1S/C15H29NO3/c1-3-5-6-7-8-9-13-16-14(17)11-10-12-15(18)19-4-2/h3-13H2,1-2H3,(H,16,17). The van der Waals surface area contributed by atoms with Crippen molar-refractivity contribution in [2.45, 2.75) is 71.6 Å². The third kappa shape index (κ3) is 13.2. The van der Waals surface area contributed by atoms with Gasteiger partial charge in [-0.2, -0.15) is 0 Å². The second-order valence-corrected chi connectivity index (χ2v) is 4.78. The molecule has 0 saturated carbocycles. The molecule has 0 aliphatic heterocycles. The number of hydrogen-bond donors (Lipinski definition) is 1. The van der Waals surface area contributed by atoms with Crippen molar-refractivity contribution in [2.75, 3.05) is 13.2 Å². The molecule has 0 saturated heterocycles. The summed E-state index contributed by atoms with van der Waals surface area (Å²) in [5.74, 6) is -0.177. The fourth-order valence-electron chi connectivity index (χ4n) is 1.85. The van der Waals surface area contributed by atoms with Gasteiger partial charge in [-0.15, -0.1) is 0 Å². The summed E-state index contributed by atoms with van der Waals surface area (Å²) < 4.78 is 4.80. The molecule has 4 nitrogen and oxygen atoms in total. The summed E-state index contributed by atoms with van der Waals surface area (Å²) >= 11 is 0. The highest BCUT2D eigenvalue weighted by molar-refractivity contribution is 5.76. The number of hydrogen-bond acceptors (Lipinski definition) is 3. The van der Waals surface area contributed by atoms with E-state index in [0.717, 1.165) is 13.0 Å². The molecule has 0 aliphatic carbocycles. The molecule has 19 heavy (non-hydrogen) atoms. The third-order valence-corrected chi connectivity index (χ3v) is 2.94. The maximum Gasteiger partial charge on any atom is 0.305 e. The Labute approximate surface area is 117 Å². The van der Waals surface area contributed by atoms with Gasteiger partial charge in [-0.1, -0.05) is 39.0 Å². The molecule has 0 atom stereocenters. The largest absolute Gasteiger partial charge is 0.466 e. The van der Waals surface area contributed by atoms with E-state index in [0.29, 0.717) is 25.9 Å². The maximum atomic E-state index is 11.5. The van der Waals surface area contributed by atoms with Crippen molar-refractivity contribution in [3.05, 3.63) is 0 Å². The number of esters is 1. The van der Waals surface area contributed by atoms with Crippen LogP contribution in [0.15, 0.2) is 0 Å². The summed E-state index contributed by atoms with van der Waals surface area (Å²) in [6, 6.07) is 0. The summed E-state index contributed by atoms with van der Waals surface area (Å²) in [7, 11) is 0. The quantitative estimate of drug-likeness (QED) is 0.438. The van der Waals surface area contributed by atoms with Crippen LogP contribution in [0.25, 0.3) is 0 Å². The predicted octanol–water partition coefficient (Wildman–Crippen LogP) is 3.20. The van der Waals surface area contributed by atoms with E-state index in [1.807, 2.05) is 0 Å². The lowest BCUT2D eigenvalue weighted by Gasteiger charge is -2.05. The van der Waals surface area contributed by atoms with E-state index in [9.17, 15) is 9.59 Å². The van der Waals surface area contributed by atoms with Crippen LogP contribution in [-0.4, -0.2) is 25.0 Å². The van der Waals surface area contributed by atoms with Crippen molar-refractivity contribution >= 4 is 11.9 Å². The van der Waals surface area contributed by atoms with Crippen molar-refractivity contribution in [1.29, 1.82) is 0 Å². The molecule has 112 valence electrons. The second kappa shape index (κ2) is 13.4. The van der Waals surface area contributed by atoms with Crippen LogP contribution in [0.1, 0.15) is 71.6 Å². The monoisotopic (exact) mass is 271 g/mol. The van der Waals surface area contributed by atoms with Crippen molar-refractivity contribution in [3.8, 4) is 0 Å². The van der Waals surface area contributed by atoms with Crippen LogP contribution in [0.5, 0.6) is 0 Å². The first-order valence-electron chi connectivity index (χ1n) is 7.63. The first kappa shape index (κ1) is 17.9. The summed E-state index contributed by atoms with van der Waals surface area (Å²) in [5, 5.41) is 2.89. The Hall–Kier alpha value is -1.06. The van der Waals surface area contributed by atoms with Crippen LogP contribution < -0.4 is 5.32 Å². The number of nitrogens with one attached hydrogen (secondary N) is 1. The van der Waals surface area contributed by atoms with E-state index in [2.05, 4.69) is 12.2 Å². The lowest BCUT2D eigenvalue weighted by atomic mass is 10.1. The predicted molar refractivity (Wildman–Crippen MR) is 76.9 cm³/mol. The molecule has 0 unspecified atom stereocenters. The lowest BCUT2D eigenvalue weighted by Crippen LogP contribution is -2.24. The van der Waals surface area contributed by atoms with E-state index < -0.39 is 0 Å². The van der Waals surface area contributed by atoms with Crippen LogP contribution in [0.4, 0.5) is 0 Å². The van der Waals surface area contributed by atoms with Gasteiger partial charge in [0.15, 0.2) is 0 Å². The minimum atomic E-state index is -0.216. The molecule has 0 aromatic rings. The number of ether oxygens (including phenoxy) is 1. The third-order valence-electron chi connectivity index (χ3n) is 2.94. The molecular weight excluding hydrogens is 242 g/mol. The van der Waals surface area contributed by atoms with Crippen LogP contribution >= 0.6 is 0 Å². The highest BCUT2D eigenvalue weighted by Crippen LogP contribution is 2.04. The second-order valence-electron chi connectivity index (χ2n) is 4.78. The normalized spacial score (nSPS) is 10.2. The highest BCUT2D eigenvalue weighted by atomic mass is 16.5. The number of carbonyl (C=O) groups excluding carboxylic acids is 2. The zero-order chi connectivity index (χ0) is 14.3. The van der Waals surface area contributed by atoms with Gasteiger partial charge in [0.1, 0.15) is 0 Å². The van der Waals surface area contributed by atoms with Crippen molar-refractivity contribution in [1.82, 2.24) is 5.32 Å². The topological polar surface area (TPSA) is 55.4 Å². The number of rotatable bonds is 12. The molecule has 0 rings (SSSR count). The maximum absolute atomic E-state index is 11.5. The van der Waals surface area contributed by atoms with Gasteiger partial charge < -0.3 is 10.1 Å². The lowest BCUT2D eigenvalue weighted by molar-refractivity contribution is -0.143. The Morgan fingerprint density at radius 2 is 1.58 bits per heavy atom. The molecular formula is C15H29NO3. The zero-order valence-corrected chi connectivity index (χ0v) is 12.5. The SMILES string of the molecule is CCCCCCCCNC(=O)CCCC(=O)OCC. The van der Waals surface area contributed by atoms with Crippen LogP contribution in [0.2, 0.25) is 0 Å². The zero-order valence-electron chi connectivity index (χ0n) is 12.5. The first-order valence-corrected chi connectivity index (χ1v) is 7.63. The van der Waals surface area contributed by atoms with Gasteiger partial charge in [0.25, 0.3) is 0 Å². The van der Waals surface area contributed by atoms with Crippen LogP contribution in [0.3, 0.4) is 0 Å². The smallest absolute Gasteiger partial charge is 0.305 e. The van der Waals surface area contributed by atoms with Gasteiger partial charge in [0.05, 0.1) is 6.61 Å². The van der Waals surface area contributed by atoms with E-state index in [-0.39, 0.29) is 11.9 Å². The van der Waals surface area contributed by atoms with E-state index in [4.69, 9.17) is 4.74 Å². The molecule has 0 heterocycles. The van der Waals surface area contributed by atoms with Gasteiger partial charge in [-0.05, 0) is 19.8 Å². The molecule has 0 aromatic carbocycles. The van der Waals surface area contributed by atoms with E-state index in [1.54, 1.807) is 6.92 Å². The summed E-state index contributed by atoms with van der Waals surface area (Å²) in [5.41, 5.74) is 0. The summed E-state index contributed by atoms with van der Waals surface area (Å²) in [6.07, 6.45) is 8.67. The highest BCUT2D eigenvalue weighted by Gasteiger charge is 2.05. The summed E-state index contributed by atoms with van der Waals surface area (Å²) in [6.45, 7) is 5.15. The minimum absolute atomic E-state index is 0.0397. The fourth-order valence-corrected chi connectivity index (χ4v) is 1.85. The van der Waals surface area contributed by atoms with Crippen LogP contribution in [-0.2, 0) is 14.3 Å². The summed E-state index contributed by atoms with van der Waals surface area (Å²) in [4.78, 5) is 22.5. The van der Waals surface area contributed by atoms with Gasteiger partial charge in [-0.3, -0.25) is 9.59 Å². The molecule has 0 spiro atoms. The van der Waals surface area contributed by atoms with Crippen molar-refractivity contribution < 1.29 is 14.3 Å². The van der Waals surface area contributed by atoms with E-state index in [1.165, 1.54) is 32.1 Å². The van der Waals surface area contributed by atoms with Crippen LogP contribution in [0, 0.1) is 0 Å². The number of carbonyl (C=O) groups is 2. The minimum Gasteiger partial charge on any atom is -0.466 e. The van der Waals surface area contributed by atoms with Gasteiger partial charge in [-0.25, -0.2) is 0 Å². The molecule has 0 aliphatic rings. The van der Waals surface area contributed by atoms with Gasteiger partial charge in [0, 0.05) is 19.4 Å². The molecule has 4 heteroatoms. The molecule has 1 N–H and O–H groups in total. The fraction of sp³-hybridized carbons (Fsp3) is 0.867. The molecule has 0 radical (unpaired) electrons. The average Bonchev–Trinajstić information content (AvgIpc) is 2.38. The van der Waals surface area contributed by atoms with Crippen molar-refractivity contribution in [2.24, 2.45) is 0 Å². The number of amides is 1. The Balaban J connectivity index is 3.28. The molecule has 1 amide bonds. The molecule has 0 fully saturated rings. The first-order chi connectivity index (χ1) is 9.20. The Morgan fingerprint density at radius 3 is 2.26 bits per heavy atom. The van der Waals surface area contributed by atoms with Gasteiger partial charge in [0.2, 0.25) is 5.91 Å². The molecule has 0 aromatic heterocycles. The Kier molecular flexibility index (Phi) is 12.6. The van der Waals surface area contributed by atoms with Crippen molar-refractivity contribution in [3.63, 3.8) is 0 Å². The Bertz CT molecular complexity index is 242.